The van der Waals surface area contributed by atoms with Crippen molar-refractivity contribution < 1.29 is 30.7 Å². The van der Waals surface area contributed by atoms with Crippen LogP contribution in [-0.2, 0) is 25.0 Å². The summed E-state index contributed by atoms with van der Waals surface area (Å²) in [5.74, 6) is -0.666. The number of carbonyl (C=O) groups excluding carboxylic acids is 1. The average Bonchev–Trinajstić information content (AvgIpc) is 2.92. The maximum atomic E-state index is 12.7. The van der Waals surface area contributed by atoms with E-state index in [1.165, 1.54) is 31.2 Å². The van der Waals surface area contributed by atoms with Gasteiger partial charge in [-0.1, -0.05) is 17.7 Å². The minimum Gasteiger partial charge on any atom is -0.282 e. The molecule has 1 heterocycles. The summed E-state index contributed by atoms with van der Waals surface area (Å²) in [5, 5.41) is 12.3. The van der Waals surface area contributed by atoms with Crippen LogP contribution in [0.5, 0.6) is 0 Å². The Morgan fingerprint density at radius 3 is 2.23 bits per heavy atom. The maximum Gasteiger partial charge on any atom is 0.296 e. The third-order valence-corrected chi connectivity index (χ3v) is 6.24. The number of nitrogens with zero attached hydrogens (tertiary/aromatic N) is 4. The van der Waals surface area contributed by atoms with Crippen LogP contribution in [-0.4, -0.2) is 43.6 Å². The SMILES string of the molecule is CC1=NN(c2cccc(S(=O)(=O)O)c2Cl)C(=O)C1N=Nc1ccc(S(=O)(=O)O)cc1. The van der Waals surface area contributed by atoms with Crippen LogP contribution in [0.1, 0.15) is 6.92 Å². The molecule has 3 rings (SSSR count). The molecule has 2 N–H and O–H groups in total. The zero-order valence-electron chi connectivity index (χ0n) is 15.0. The number of hydrazone groups is 1. The number of hydrogen-bond donors (Lipinski definition) is 2. The van der Waals surface area contributed by atoms with E-state index in [1.807, 2.05) is 0 Å². The molecule has 14 heteroatoms. The molecule has 11 nitrogen and oxygen atoms in total. The minimum absolute atomic E-state index is 0.0636. The van der Waals surface area contributed by atoms with Crippen molar-refractivity contribution >= 4 is 54.8 Å². The van der Waals surface area contributed by atoms with Crippen LogP contribution in [0.3, 0.4) is 0 Å². The Hall–Kier alpha value is -2.71. The highest BCUT2D eigenvalue weighted by molar-refractivity contribution is 7.86. The molecule has 0 saturated heterocycles. The summed E-state index contributed by atoms with van der Waals surface area (Å²) in [4.78, 5) is 11.8. The Balaban J connectivity index is 1.87. The summed E-state index contributed by atoms with van der Waals surface area (Å²) in [6.07, 6.45) is 0. The van der Waals surface area contributed by atoms with E-state index >= 15 is 0 Å². The van der Waals surface area contributed by atoms with Gasteiger partial charge in [0.2, 0.25) is 0 Å². The topological polar surface area (TPSA) is 166 Å². The molecule has 0 radical (unpaired) electrons. The molecule has 30 heavy (non-hydrogen) atoms. The summed E-state index contributed by atoms with van der Waals surface area (Å²) < 4.78 is 63.2. The molecule has 0 spiro atoms. The number of benzene rings is 2. The zero-order chi connectivity index (χ0) is 22.3. The second-order valence-electron chi connectivity index (χ2n) is 6.04. The molecule has 1 aliphatic rings. The molecule has 2 aromatic carbocycles. The number of carbonyl (C=O) groups is 1. The molecule has 0 saturated carbocycles. The predicted octanol–water partition coefficient (Wildman–Crippen LogP) is 2.71. The van der Waals surface area contributed by atoms with E-state index in [0.29, 0.717) is 0 Å². The highest BCUT2D eigenvalue weighted by atomic mass is 35.5. The molecule has 1 aliphatic heterocycles. The van der Waals surface area contributed by atoms with E-state index in [2.05, 4.69) is 15.3 Å². The lowest BCUT2D eigenvalue weighted by Gasteiger charge is -2.15. The van der Waals surface area contributed by atoms with Gasteiger partial charge in [-0.25, -0.2) is 0 Å². The lowest BCUT2D eigenvalue weighted by atomic mass is 10.2. The van der Waals surface area contributed by atoms with Gasteiger partial charge in [-0.3, -0.25) is 13.9 Å². The monoisotopic (exact) mass is 472 g/mol. The molecule has 158 valence electrons. The van der Waals surface area contributed by atoms with Gasteiger partial charge in [-0.2, -0.15) is 37.2 Å². The Kier molecular flexibility index (Phi) is 5.75. The number of amides is 1. The van der Waals surface area contributed by atoms with Crippen LogP contribution in [0.15, 0.2) is 67.6 Å². The largest absolute Gasteiger partial charge is 0.296 e. The third-order valence-electron chi connectivity index (χ3n) is 3.97. The molecule has 1 atom stereocenters. The molecule has 0 aromatic heterocycles. The second kappa shape index (κ2) is 7.85. The maximum absolute atomic E-state index is 12.7. The van der Waals surface area contributed by atoms with Crippen molar-refractivity contribution in [2.24, 2.45) is 15.3 Å². The fraction of sp³-hybridized carbons (Fsp3) is 0.125. The van der Waals surface area contributed by atoms with Gasteiger partial charge in [0, 0.05) is 0 Å². The summed E-state index contributed by atoms with van der Waals surface area (Å²) in [6, 6.07) is 7.38. The molecular weight excluding hydrogens is 460 g/mol. The van der Waals surface area contributed by atoms with Crippen molar-refractivity contribution in [3.05, 3.63) is 47.5 Å². The van der Waals surface area contributed by atoms with Crippen molar-refractivity contribution in [1.29, 1.82) is 0 Å². The van der Waals surface area contributed by atoms with Crippen LogP contribution >= 0.6 is 11.6 Å². The quantitative estimate of drug-likeness (QED) is 0.498. The number of hydrogen-bond acceptors (Lipinski definition) is 8. The Morgan fingerprint density at radius 1 is 1.03 bits per heavy atom. The fourth-order valence-electron chi connectivity index (χ4n) is 2.53. The van der Waals surface area contributed by atoms with Crippen LogP contribution in [0, 0.1) is 0 Å². The zero-order valence-corrected chi connectivity index (χ0v) is 17.4. The number of halogens is 1. The number of rotatable bonds is 5. The molecule has 0 bridgehead atoms. The number of anilines is 1. The third kappa shape index (κ3) is 4.39. The first-order chi connectivity index (χ1) is 13.9. The Bertz CT molecular complexity index is 1290. The second-order valence-corrected chi connectivity index (χ2v) is 9.23. The highest BCUT2D eigenvalue weighted by Gasteiger charge is 2.36. The smallest absolute Gasteiger partial charge is 0.282 e. The van der Waals surface area contributed by atoms with Gasteiger partial charge >= 0.3 is 0 Å². The van der Waals surface area contributed by atoms with E-state index < -0.39 is 37.1 Å². The van der Waals surface area contributed by atoms with Gasteiger partial charge in [0.05, 0.1) is 27.0 Å². The van der Waals surface area contributed by atoms with E-state index in [0.717, 1.165) is 23.2 Å². The fourth-order valence-corrected chi connectivity index (χ4v) is 4.09. The van der Waals surface area contributed by atoms with Crippen molar-refractivity contribution in [3.8, 4) is 0 Å². The van der Waals surface area contributed by atoms with Crippen LogP contribution in [0.2, 0.25) is 5.02 Å². The van der Waals surface area contributed by atoms with Gasteiger partial charge in [0.25, 0.3) is 26.1 Å². The van der Waals surface area contributed by atoms with E-state index in [-0.39, 0.29) is 27.0 Å². The molecule has 0 fully saturated rings. The first kappa shape index (κ1) is 22.0. The van der Waals surface area contributed by atoms with Crippen molar-refractivity contribution in [3.63, 3.8) is 0 Å². The van der Waals surface area contributed by atoms with Crippen LogP contribution in [0.25, 0.3) is 0 Å². The summed E-state index contributed by atoms with van der Waals surface area (Å²) in [6.45, 7) is 1.50. The summed E-state index contributed by atoms with van der Waals surface area (Å²) in [7, 11) is -8.96. The van der Waals surface area contributed by atoms with E-state index in [4.69, 9.17) is 16.2 Å². The molecular formula is C16H13ClN4O7S2. The number of azo groups is 1. The first-order valence-corrected chi connectivity index (χ1v) is 11.3. The molecule has 0 aliphatic carbocycles. The Labute approximate surface area is 176 Å². The van der Waals surface area contributed by atoms with Crippen LogP contribution < -0.4 is 5.01 Å². The van der Waals surface area contributed by atoms with E-state index in [1.54, 1.807) is 0 Å². The molecule has 1 unspecified atom stereocenters. The normalized spacial score (nSPS) is 17.6. The predicted molar refractivity (Wildman–Crippen MR) is 106 cm³/mol. The average molecular weight is 473 g/mol. The first-order valence-electron chi connectivity index (χ1n) is 8.03. The minimum atomic E-state index is -4.61. The van der Waals surface area contributed by atoms with Gasteiger partial charge in [0.15, 0.2) is 6.04 Å². The lowest BCUT2D eigenvalue weighted by molar-refractivity contribution is -0.117. The van der Waals surface area contributed by atoms with Crippen LogP contribution in [0.4, 0.5) is 11.4 Å². The van der Waals surface area contributed by atoms with Crippen molar-refractivity contribution in [2.75, 3.05) is 5.01 Å². The summed E-state index contributed by atoms with van der Waals surface area (Å²) in [5.41, 5.74) is 0.394. The van der Waals surface area contributed by atoms with Gasteiger partial charge in [-0.15, -0.1) is 0 Å². The van der Waals surface area contributed by atoms with Crippen molar-refractivity contribution in [2.45, 2.75) is 22.8 Å². The molecule has 1 amide bonds. The van der Waals surface area contributed by atoms with Gasteiger partial charge < -0.3 is 0 Å². The highest BCUT2D eigenvalue weighted by Crippen LogP contribution is 2.34. The van der Waals surface area contributed by atoms with Gasteiger partial charge in [-0.05, 0) is 43.3 Å². The standard InChI is InChI=1S/C16H13ClN4O7S2/c1-9-15(19-18-10-5-7-11(8-6-10)29(23,24)25)16(22)21(20-9)12-3-2-4-13(14(12)17)30(26,27)28/h2-8,15H,1H3,(H,23,24,25)(H,26,27,28). The lowest BCUT2D eigenvalue weighted by Crippen LogP contribution is -2.30. The van der Waals surface area contributed by atoms with Crippen molar-refractivity contribution in [1.82, 2.24) is 0 Å². The molecule has 2 aromatic rings. The van der Waals surface area contributed by atoms with Gasteiger partial charge in [0.1, 0.15) is 4.90 Å². The Morgan fingerprint density at radius 2 is 1.67 bits per heavy atom. The van der Waals surface area contributed by atoms with E-state index in [9.17, 15) is 26.2 Å². The summed E-state index contributed by atoms with van der Waals surface area (Å²) >= 11 is 6.03.